The quantitative estimate of drug-likeness (QED) is 0.525. The molecule has 0 spiro atoms. The van der Waals surface area contributed by atoms with E-state index in [1.54, 1.807) is 12.1 Å². The molecule has 0 amide bonds. The maximum absolute atomic E-state index is 11.0. The lowest BCUT2D eigenvalue weighted by atomic mass is 10.1. The summed E-state index contributed by atoms with van der Waals surface area (Å²) in [6.07, 6.45) is 1.35. The number of hydrogen-bond acceptors (Lipinski definition) is 5. The van der Waals surface area contributed by atoms with Crippen molar-refractivity contribution >= 4 is 23.0 Å². The Hall–Kier alpha value is -1.66. The van der Waals surface area contributed by atoms with Crippen molar-refractivity contribution in [2.24, 2.45) is 5.16 Å². The number of nitro groups is 1. The Balaban J connectivity index is 2.13. The normalized spacial score (nSPS) is 16.4. The van der Waals surface area contributed by atoms with E-state index in [9.17, 15) is 10.1 Å². The van der Waals surface area contributed by atoms with Crippen LogP contribution in [0.15, 0.2) is 23.4 Å². The highest BCUT2D eigenvalue weighted by atomic mass is 35.5. The van der Waals surface area contributed by atoms with Gasteiger partial charge in [0.2, 0.25) is 0 Å². The summed E-state index contributed by atoms with van der Waals surface area (Å²) in [4.78, 5) is 12.7. The van der Waals surface area contributed by atoms with Gasteiger partial charge in [-0.3, -0.25) is 15.0 Å². The van der Waals surface area contributed by atoms with E-state index in [2.05, 4.69) is 10.1 Å². The van der Waals surface area contributed by atoms with E-state index in [1.165, 1.54) is 6.07 Å². The highest BCUT2D eigenvalue weighted by molar-refractivity contribution is 6.31. The topological polar surface area (TPSA) is 79.0 Å². The molecular weight excluding hydrogens is 270 g/mol. The SMILES string of the molecule is O=[N+]([O-])c1cccc(Cl)c1CN1CCC(=NO)CC1. The minimum atomic E-state index is -0.411. The zero-order valence-electron chi connectivity index (χ0n) is 10.3. The molecule has 0 radical (unpaired) electrons. The Morgan fingerprint density at radius 3 is 2.68 bits per heavy atom. The number of nitrogens with zero attached hydrogens (tertiary/aromatic N) is 3. The lowest BCUT2D eigenvalue weighted by Gasteiger charge is -2.27. The molecule has 0 aliphatic carbocycles. The van der Waals surface area contributed by atoms with E-state index >= 15 is 0 Å². The molecule has 19 heavy (non-hydrogen) atoms. The average molecular weight is 284 g/mol. The second-order valence-electron chi connectivity index (χ2n) is 4.44. The third-order valence-electron chi connectivity index (χ3n) is 3.25. The molecule has 1 aromatic carbocycles. The molecular formula is C12H14ClN3O3. The fraction of sp³-hybridized carbons (Fsp3) is 0.417. The van der Waals surface area contributed by atoms with Gasteiger partial charge >= 0.3 is 0 Å². The highest BCUT2D eigenvalue weighted by Crippen LogP contribution is 2.28. The van der Waals surface area contributed by atoms with Crippen LogP contribution in [0.4, 0.5) is 5.69 Å². The monoisotopic (exact) mass is 283 g/mol. The highest BCUT2D eigenvalue weighted by Gasteiger charge is 2.22. The fourth-order valence-corrected chi connectivity index (χ4v) is 2.40. The van der Waals surface area contributed by atoms with Crippen molar-refractivity contribution in [1.29, 1.82) is 0 Å². The van der Waals surface area contributed by atoms with Crippen molar-refractivity contribution in [3.05, 3.63) is 38.9 Å². The molecule has 1 aromatic rings. The van der Waals surface area contributed by atoms with Crippen molar-refractivity contribution in [2.75, 3.05) is 13.1 Å². The van der Waals surface area contributed by atoms with Crippen molar-refractivity contribution in [1.82, 2.24) is 4.90 Å². The van der Waals surface area contributed by atoms with Crippen molar-refractivity contribution in [3.8, 4) is 0 Å². The smallest absolute Gasteiger partial charge is 0.275 e. The molecule has 2 rings (SSSR count). The molecule has 6 nitrogen and oxygen atoms in total. The van der Waals surface area contributed by atoms with Crippen LogP contribution in [-0.4, -0.2) is 33.8 Å². The van der Waals surface area contributed by atoms with E-state index in [1.807, 2.05) is 0 Å². The number of halogens is 1. The van der Waals surface area contributed by atoms with Crippen LogP contribution in [0.25, 0.3) is 0 Å². The van der Waals surface area contributed by atoms with E-state index in [4.69, 9.17) is 16.8 Å². The van der Waals surface area contributed by atoms with Crippen molar-refractivity contribution in [2.45, 2.75) is 19.4 Å². The third kappa shape index (κ3) is 3.21. The average Bonchev–Trinajstić information content (AvgIpc) is 2.41. The number of oxime groups is 1. The first-order valence-corrected chi connectivity index (χ1v) is 6.33. The van der Waals surface area contributed by atoms with Crippen LogP contribution in [0.3, 0.4) is 0 Å². The second kappa shape index (κ2) is 5.99. The summed E-state index contributed by atoms with van der Waals surface area (Å²) >= 11 is 6.05. The van der Waals surface area contributed by atoms with Gasteiger partial charge in [-0.15, -0.1) is 0 Å². The van der Waals surface area contributed by atoms with Gasteiger partial charge in [-0.05, 0) is 6.07 Å². The zero-order chi connectivity index (χ0) is 13.8. The van der Waals surface area contributed by atoms with Gasteiger partial charge in [-0.2, -0.15) is 0 Å². The Bertz CT molecular complexity index is 509. The number of benzene rings is 1. The summed E-state index contributed by atoms with van der Waals surface area (Å²) in [5.74, 6) is 0. The van der Waals surface area contributed by atoms with Crippen LogP contribution < -0.4 is 0 Å². The summed E-state index contributed by atoms with van der Waals surface area (Å²) in [5, 5.41) is 23.3. The lowest BCUT2D eigenvalue weighted by molar-refractivity contribution is -0.385. The standard InChI is InChI=1S/C12H14ClN3O3/c13-11-2-1-3-12(16(18)19)10(11)8-15-6-4-9(14-17)5-7-15/h1-3,17H,4-8H2. The molecule has 102 valence electrons. The predicted octanol–water partition coefficient (Wildman–Crippen LogP) is 2.67. The largest absolute Gasteiger partial charge is 0.411 e. The first-order chi connectivity index (χ1) is 9.11. The lowest BCUT2D eigenvalue weighted by Crippen LogP contribution is -2.33. The number of likely N-dealkylation sites (tertiary alicyclic amines) is 1. The summed E-state index contributed by atoms with van der Waals surface area (Å²) in [6, 6.07) is 4.71. The summed E-state index contributed by atoms with van der Waals surface area (Å²) in [7, 11) is 0. The third-order valence-corrected chi connectivity index (χ3v) is 3.60. The van der Waals surface area contributed by atoms with Crippen LogP contribution >= 0.6 is 11.6 Å². The Morgan fingerprint density at radius 1 is 1.42 bits per heavy atom. The molecule has 1 aliphatic rings. The summed E-state index contributed by atoms with van der Waals surface area (Å²) in [5.41, 5.74) is 1.36. The van der Waals surface area contributed by atoms with E-state index in [0.717, 1.165) is 5.71 Å². The molecule has 1 aliphatic heterocycles. The summed E-state index contributed by atoms with van der Waals surface area (Å²) in [6.45, 7) is 1.86. The van der Waals surface area contributed by atoms with E-state index < -0.39 is 4.92 Å². The fourth-order valence-electron chi connectivity index (χ4n) is 2.17. The van der Waals surface area contributed by atoms with Crippen LogP contribution in [-0.2, 0) is 6.54 Å². The molecule has 1 fully saturated rings. The zero-order valence-corrected chi connectivity index (χ0v) is 11.0. The Morgan fingerprint density at radius 2 is 2.11 bits per heavy atom. The van der Waals surface area contributed by atoms with Gasteiger partial charge in [0.25, 0.3) is 5.69 Å². The number of rotatable bonds is 3. The number of hydrogen-bond donors (Lipinski definition) is 1. The minimum absolute atomic E-state index is 0.0501. The first-order valence-electron chi connectivity index (χ1n) is 5.95. The van der Waals surface area contributed by atoms with Crippen LogP contribution in [0.2, 0.25) is 5.02 Å². The Kier molecular flexibility index (Phi) is 4.34. The van der Waals surface area contributed by atoms with Crippen molar-refractivity contribution in [3.63, 3.8) is 0 Å². The maximum atomic E-state index is 11.0. The molecule has 0 aromatic heterocycles. The van der Waals surface area contributed by atoms with Crippen molar-refractivity contribution < 1.29 is 10.1 Å². The van der Waals surface area contributed by atoms with Crippen LogP contribution in [0, 0.1) is 10.1 Å². The van der Waals surface area contributed by atoms with Gasteiger partial charge in [-0.25, -0.2) is 0 Å². The molecule has 0 bridgehead atoms. The molecule has 1 saturated heterocycles. The van der Waals surface area contributed by atoms with Gasteiger partial charge in [0.15, 0.2) is 0 Å². The maximum Gasteiger partial charge on any atom is 0.275 e. The minimum Gasteiger partial charge on any atom is -0.411 e. The molecule has 0 atom stereocenters. The molecule has 0 saturated carbocycles. The van der Waals surface area contributed by atoms with E-state index in [-0.39, 0.29) is 5.69 Å². The molecule has 7 heteroatoms. The molecule has 1 N–H and O–H groups in total. The molecule has 1 heterocycles. The predicted molar refractivity (Wildman–Crippen MR) is 71.8 cm³/mol. The Labute approximate surface area is 115 Å². The van der Waals surface area contributed by atoms with Crippen LogP contribution in [0.5, 0.6) is 0 Å². The van der Waals surface area contributed by atoms with Crippen LogP contribution in [0.1, 0.15) is 18.4 Å². The second-order valence-corrected chi connectivity index (χ2v) is 4.84. The summed E-state index contributed by atoms with van der Waals surface area (Å²) < 4.78 is 0. The van der Waals surface area contributed by atoms with Gasteiger partial charge < -0.3 is 5.21 Å². The van der Waals surface area contributed by atoms with Gasteiger partial charge in [0.1, 0.15) is 0 Å². The first kappa shape index (κ1) is 13.8. The molecule has 0 unspecified atom stereocenters. The van der Waals surface area contributed by atoms with Gasteiger partial charge in [0.05, 0.1) is 21.2 Å². The van der Waals surface area contributed by atoms with E-state index in [0.29, 0.717) is 43.1 Å². The van der Waals surface area contributed by atoms with Gasteiger partial charge in [0, 0.05) is 38.5 Å². The number of nitro benzene ring substituents is 1. The van der Waals surface area contributed by atoms with Gasteiger partial charge in [-0.1, -0.05) is 22.8 Å². The number of piperidine rings is 1.